The molecule has 0 bridgehead atoms. The molecule has 2 aliphatic carbocycles. The van der Waals surface area contributed by atoms with E-state index in [2.05, 4.69) is 220 Å². The molecule has 0 aromatic heterocycles. The second-order valence-corrected chi connectivity index (χ2v) is 20.9. The molecule has 0 spiro atoms. The van der Waals surface area contributed by atoms with Crippen LogP contribution in [0.2, 0.25) is 0 Å². The van der Waals surface area contributed by atoms with Crippen LogP contribution in [-0.4, -0.2) is 49.3 Å². The van der Waals surface area contributed by atoms with Crippen molar-refractivity contribution in [3.63, 3.8) is 0 Å². The molecule has 0 amide bonds. The molecule has 2 fully saturated rings. The van der Waals surface area contributed by atoms with Crippen molar-refractivity contribution < 1.29 is 17.1 Å². The van der Waals surface area contributed by atoms with Crippen LogP contribution in [0.15, 0.2) is 182 Å². The summed E-state index contributed by atoms with van der Waals surface area (Å²) >= 11 is 0. The van der Waals surface area contributed by atoms with E-state index in [1.165, 1.54) is 70.9 Å². The van der Waals surface area contributed by atoms with Gasteiger partial charge in [0.25, 0.3) is 0 Å². The molecule has 6 aromatic rings. The van der Waals surface area contributed by atoms with Crippen molar-refractivity contribution in [2.45, 2.75) is 61.9 Å². The first-order chi connectivity index (χ1) is 27.5. The van der Waals surface area contributed by atoms with Gasteiger partial charge in [0.2, 0.25) is 0 Å². The van der Waals surface area contributed by atoms with Crippen molar-refractivity contribution in [2.75, 3.05) is 28.2 Å². The number of nitrogens with zero attached hydrogens (tertiary/aromatic N) is 2. The molecule has 6 aromatic carbocycles. The first kappa shape index (κ1) is 48.3. The summed E-state index contributed by atoms with van der Waals surface area (Å²) in [5, 5.41) is 6.08. The quantitative estimate of drug-likeness (QED) is 0.0687. The molecule has 0 N–H and O–H groups in total. The van der Waals surface area contributed by atoms with Gasteiger partial charge in [-0.2, -0.15) is 0 Å². The zero-order valence-electron chi connectivity index (χ0n) is 36.2. The summed E-state index contributed by atoms with van der Waals surface area (Å²) < 4.78 is 0. The maximum atomic E-state index is 2.45. The zero-order chi connectivity index (χ0) is 38.7. The van der Waals surface area contributed by atoms with E-state index in [-0.39, 0.29) is 47.8 Å². The van der Waals surface area contributed by atoms with Crippen LogP contribution in [0.25, 0.3) is 0 Å². The van der Waals surface area contributed by atoms with Gasteiger partial charge in [-0.3, -0.25) is 0 Å². The van der Waals surface area contributed by atoms with Gasteiger partial charge in [-0.15, -0.1) is 0 Å². The smallest absolute Gasteiger partial charge is 0.358 e. The number of hydrogen-bond acceptors (Lipinski definition) is 2. The fourth-order valence-corrected chi connectivity index (χ4v) is 16.3. The summed E-state index contributed by atoms with van der Waals surface area (Å²) in [6, 6.07) is 68.2. The summed E-state index contributed by atoms with van der Waals surface area (Å²) in [5.41, 5.74) is 4.35. The molecule has 2 aliphatic rings. The van der Waals surface area contributed by atoms with Crippen molar-refractivity contribution in [2.24, 2.45) is 11.8 Å². The predicted octanol–water partition coefficient (Wildman–Crippen LogP) is 12.1. The normalized spacial score (nSPS) is 19.5. The molecule has 2 nitrogen and oxygen atoms in total. The summed E-state index contributed by atoms with van der Waals surface area (Å²) in [6.45, 7) is 0. The topological polar surface area (TPSA) is 6.48 Å². The van der Waals surface area contributed by atoms with Crippen molar-refractivity contribution in [1.82, 2.24) is 9.80 Å². The molecular formula is C54H66FeN2P2. The van der Waals surface area contributed by atoms with Crippen LogP contribution >= 0.6 is 15.8 Å². The second kappa shape index (κ2) is 24.2. The Bertz CT molecular complexity index is 1770. The molecular weight excluding hydrogens is 794 g/mol. The summed E-state index contributed by atoms with van der Waals surface area (Å²) in [4.78, 5) is 4.89. The molecule has 0 radical (unpaired) electrons. The van der Waals surface area contributed by atoms with Crippen LogP contribution in [0.1, 0.15) is 61.7 Å². The molecule has 6 atom stereocenters. The Labute approximate surface area is 371 Å². The predicted molar refractivity (Wildman–Crippen MR) is 259 cm³/mol. The molecule has 0 saturated heterocycles. The maximum absolute atomic E-state index is 2.45. The Morgan fingerprint density at radius 3 is 0.847 bits per heavy atom. The van der Waals surface area contributed by atoms with E-state index < -0.39 is 0 Å². The minimum absolute atomic E-state index is 0. The third-order valence-electron chi connectivity index (χ3n) is 12.1. The Balaban J connectivity index is 0.000000248. The minimum Gasteiger partial charge on any atom is -0.358 e. The van der Waals surface area contributed by atoms with Crippen LogP contribution in [0.5, 0.6) is 0 Å². The fourth-order valence-electron chi connectivity index (χ4n) is 9.89. The Kier molecular flexibility index (Phi) is 19.8. The minimum atomic E-state index is -0.366. The van der Waals surface area contributed by atoms with E-state index in [4.69, 9.17) is 0 Å². The van der Waals surface area contributed by atoms with Gasteiger partial charge >= 0.3 is 17.1 Å². The fraction of sp³-hybridized carbons (Fsp3) is 0.296. The SMILES string of the molecule is CN(C)[C@@H](c1ccccc1)C1CCCC1P(c1ccccc1)c1ccccc1.CN(C)[C@@H](c1ccccc1)C1CCCC1P(c1ccccc1)c1ccccc1.[CH3-].[CH3-].[Fe+2]. The number of benzene rings is 6. The average Bonchev–Trinajstić information content (AvgIpc) is 3.91. The van der Waals surface area contributed by atoms with Gasteiger partial charge in [0.05, 0.1) is 0 Å². The van der Waals surface area contributed by atoms with Gasteiger partial charge in [0.1, 0.15) is 0 Å². The van der Waals surface area contributed by atoms with Gasteiger partial charge in [-0.1, -0.05) is 195 Å². The third-order valence-corrected chi connectivity index (χ3v) is 18.1. The van der Waals surface area contributed by atoms with E-state index in [1.807, 2.05) is 0 Å². The van der Waals surface area contributed by atoms with Crippen LogP contribution in [0.3, 0.4) is 0 Å². The Morgan fingerprint density at radius 1 is 0.373 bits per heavy atom. The molecule has 59 heavy (non-hydrogen) atoms. The van der Waals surface area contributed by atoms with Crippen LogP contribution in [-0.2, 0) is 17.1 Å². The first-order valence-electron chi connectivity index (χ1n) is 20.7. The van der Waals surface area contributed by atoms with E-state index in [0.29, 0.717) is 35.2 Å². The van der Waals surface area contributed by atoms with E-state index in [0.717, 1.165) is 0 Å². The Hall–Kier alpha value is -3.38. The van der Waals surface area contributed by atoms with Crippen molar-refractivity contribution >= 4 is 37.1 Å². The van der Waals surface area contributed by atoms with Gasteiger partial charge in [0, 0.05) is 12.1 Å². The molecule has 310 valence electrons. The molecule has 5 heteroatoms. The van der Waals surface area contributed by atoms with Crippen LogP contribution in [0, 0.1) is 26.7 Å². The summed E-state index contributed by atoms with van der Waals surface area (Å²) in [6.07, 6.45) is 7.98. The van der Waals surface area contributed by atoms with E-state index in [9.17, 15) is 0 Å². The van der Waals surface area contributed by atoms with Gasteiger partial charge in [-0.25, -0.2) is 0 Å². The van der Waals surface area contributed by atoms with Crippen molar-refractivity contribution in [1.29, 1.82) is 0 Å². The van der Waals surface area contributed by atoms with Crippen molar-refractivity contribution in [3.05, 3.63) is 208 Å². The molecule has 0 aliphatic heterocycles. The van der Waals surface area contributed by atoms with E-state index in [1.54, 1.807) is 0 Å². The van der Waals surface area contributed by atoms with E-state index >= 15 is 0 Å². The second-order valence-electron chi connectivity index (χ2n) is 16.0. The number of hydrogen-bond donors (Lipinski definition) is 0. The molecule has 2 saturated carbocycles. The summed E-state index contributed by atoms with van der Waals surface area (Å²) in [5.74, 6) is 1.37. The van der Waals surface area contributed by atoms with Gasteiger partial charge < -0.3 is 24.7 Å². The monoisotopic (exact) mass is 860 g/mol. The van der Waals surface area contributed by atoms with Crippen LogP contribution in [0.4, 0.5) is 0 Å². The first-order valence-corrected chi connectivity index (χ1v) is 23.5. The Morgan fingerprint density at radius 2 is 0.610 bits per heavy atom. The summed E-state index contributed by atoms with van der Waals surface area (Å²) in [7, 11) is 8.27. The van der Waals surface area contributed by atoms with Gasteiger partial charge in [0.15, 0.2) is 0 Å². The number of rotatable bonds is 12. The molecule has 0 heterocycles. The zero-order valence-corrected chi connectivity index (χ0v) is 39.1. The molecule has 4 unspecified atom stereocenters. The van der Waals surface area contributed by atoms with Gasteiger partial charge in [-0.05, 0) is 125 Å². The largest absolute Gasteiger partial charge is 2.00 e. The third kappa shape index (κ3) is 11.9. The average molecular weight is 861 g/mol. The standard InChI is InChI=1S/2C26H30NP.2CH3.Fe/c2*1-27(2)26(21-13-6-3-7-14-21)24-19-12-20-25(24)28(22-15-8-4-9-16-22)23-17-10-5-11-18-23;;;/h2*3-11,13-18,24-26H,12,19-20H2,1-2H3;2*1H3;/q;;2*-1;+2/t2*24?,25?,26-;;;/m00.../s1. The molecule has 8 rings (SSSR count). The van der Waals surface area contributed by atoms with Crippen LogP contribution < -0.4 is 21.2 Å². The maximum Gasteiger partial charge on any atom is 2.00 e. The van der Waals surface area contributed by atoms with Crippen molar-refractivity contribution in [3.8, 4) is 0 Å².